The minimum atomic E-state index is -0.157. The molecule has 3 aromatic rings. The van der Waals surface area contributed by atoms with Gasteiger partial charge in [-0.3, -0.25) is 9.59 Å². The van der Waals surface area contributed by atoms with Gasteiger partial charge in [-0.2, -0.15) is 0 Å². The number of fused-ring (bicyclic) bond motifs is 1. The Morgan fingerprint density at radius 2 is 1.56 bits per heavy atom. The normalized spacial score (nSPS) is 16.6. The molecule has 1 N–H and O–H groups in total. The summed E-state index contributed by atoms with van der Waals surface area (Å²) in [5.74, 6) is 0.866. The summed E-state index contributed by atoms with van der Waals surface area (Å²) < 4.78 is 0. The molecule has 0 unspecified atom stereocenters. The van der Waals surface area contributed by atoms with Crippen LogP contribution in [-0.4, -0.2) is 86.0 Å². The Morgan fingerprint density at radius 1 is 0.846 bits per heavy atom. The van der Waals surface area contributed by atoms with E-state index in [9.17, 15) is 9.59 Å². The van der Waals surface area contributed by atoms with Gasteiger partial charge in [-0.05, 0) is 68.4 Å². The summed E-state index contributed by atoms with van der Waals surface area (Å²) in [5, 5.41) is 4.71. The first kappa shape index (κ1) is 27.2. The third-order valence-electron chi connectivity index (χ3n) is 7.82. The quantitative estimate of drug-likeness (QED) is 0.494. The predicted octanol–water partition coefficient (Wildman–Crippen LogP) is 4.32. The van der Waals surface area contributed by atoms with E-state index in [1.54, 1.807) is 0 Å². The van der Waals surface area contributed by atoms with Gasteiger partial charge in [0.25, 0.3) is 0 Å². The third-order valence-corrected chi connectivity index (χ3v) is 8.06. The number of likely N-dealkylation sites (N-methyl/N-ethyl adjacent to an activating group) is 1. The average Bonchev–Trinajstić information content (AvgIpc) is 2.94. The number of carbonyl (C=O) groups excluding carboxylic acids is 2. The van der Waals surface area contributed by atoms with Crippen LogP contribution in [-0.2, 0) is 9.59 Å². The molecule has 0 atom stereocenters. The van der Waals surface area contributed by atoms with Crippen molar-refractivity contribution >= 4 is 51.5 Å². The number of aryl methyl sites for hydroxylation is 2. The van der Waals surface area contributed by atoms with Crippen molar-refractivity contribution in [2.45, 2.75) is 26.7 Å². The summed E-state index contributed by atoms with van der Waals surface area (Å²) in [4.78, 5) is 39.2. The number of amides is 2. The van der Waals surface area contributed by atoms with Crippen molar-refractivity contribution in [3.05, 3.63) is 58.6 Å². The third kappa shape index (κ3) is 6.45. The van der Waals surface area contributed by atoms with Crippen LogP contribution in [0.1, 0.15) is 24.0 Å². The van der Waals surface area contributed by atoms with Gasteiger partial charge in [0.15, 0.2) is 0 Å². The van der Waals surface area contributed by atoms with Crippen molar-refractivity contribution in [1.82, 2.24) is 14.8 Å². The predicted molar refractivity (Wildman–Crippen MR) is 159 cm³/mol. The molecule has 8 nitrogen and oxygen atoms in total. The minimum Gasteiger partial charge on any atom is -0.368 e. The number of benzene rings is 2. The zero-order chi connectivity index (χ0) is 27.5. The molecule has 39 heavy (non-hydrogen) atoms. The van der Waals surface area contributed by atoms with Crippen LogP contribution in [0.2, 0.25) is 5.02 Å². The number of aromatic nitrogens is 1. The Morgan fingerprint density at radius 3 is 2.31 bits per heavy atom. The monoisotopic (exact) mass is 548 g/mol. The molecule has 2 amide bonds. The fraction of sp³-hybridized carbons (Fsp3) is 0.433. The fourth-order valence-corrected chi connectivity index (χ4v) is 5.54. The van der Waals surface area contributed by atoms with Gasteiger partial charge in [0, 0.05) is 87.0 Å². The smallest absolute Gasteiger partial charge is 0.224 e. The molecule has 0 bridgehead atoms. The first-order chi connectivity index (χ1) is 18.8. The molecule has 2 aliphatic rings. The zero-order valence-corrected chi connectivity index (χ0v) is 23.8. The van der Waals surface area contributed by atoms with Gasteiger partial charge < -0.3 is 24.9 Å². The molecule has 9 heteroatoms. The van der Waals surface area contributed by atoms with E-state index in [1.807, 2.05) is 41.3 Å². The van der Waals surface area contributed by atoms with Crippen molar-refractivity contribution < 1.29 is 9.59 Å². The molecule has 0 radical (unpaired) electrons. The molecule has 0 aliphatic carbocycles. The van der Waals surface area contributed by atoms with Gasteiger partial charge in [-0.1, -0.05) is 17.7 Å². The highest BCUT2D eigenvalue weighted by Gasteiger charge is 2.23. The highest BCUT2D eigenvalue weighted by Crippen LogP contribution is 2.27. The number of anilines is 3. The molecular formula is C30H37ClN6O2. The molecule has 0 spiro atoms. The summed E-state index contributed by atoms with van der Waals surface area (Å²) in [5.41, 5.74) is 5.07. The number of hydrogen-bond acceptors (Lipinski definition) is 6. The molecule has 1 aromatic heterocycles. The summed E-state index contributed by atoms with van der Waals surface area (Å²) in [6.45, 7) is 10.9. The zero-order valence-electron chi connectivity index (χ0n) is 23.0. The van der Waals surface area contributed by atoms with Crippen LogP contribution in [0.5, 0.6) is 0 Å². The maximum Gasteiger partial charge on any atom is 0.224 e. The van der Waals surface area contributed by atoms with Gasteiger partial charge in [0.05, 0.1) is 5.52 Å². The van der Waals surface area contributed by atoms with Crippen molar-refractivity contribution in [1.29, 1.82) is 0 Å². The molecule has 2 fully saturated rings. The summed E-state index contributed by atoms with van der Waals surface area (Å²) in [6, 6.07) is 13.9. The molecule has 5 rings (SSSR count). The first-order valence-corrected chi connectivity index (χ1v) is 14.1. The van der Waals surface area contributed by atoms with Crippen molar-refractivity contribution in [2.75, 3.05) is 74.5 Å². The molecule has 3 heterocycles. The number of hydrogen-bond donors (Lipinski definition) is 1. The van der Waals surface area contributed by atoms with Crippen LogP contribution in [0.15, 0.2) is 42.5 Å². The van der Waals surface area contributed by atoms with E-state index in [2.05, 4.69) is 47.0 Å². The topological polar surface area (TPSA) is 72.0 Å². The Balaban J connectivity index is 1.13. The standard InChI is InChI=1S/C30H37ClN6O2/c1-21-4-5-23(31)19-27(21)35-14-16-37(17-15-35)30(39)9-8-29(38)32-24-6-7-26-25(20-24)22(2)18-28(33-26)36-12-10-34(3)11-13-36/h4-7,18-20H,8-17H2,1-3H3,(H,32,38). The van der Waals surface area contributed by atoms with E-state index in [-0.39, 0.29) is 24.7 Å². The molecule has 0 saturated carbocycles. The molecule has 2 aromatic carbocycles. The number of pyridine rings is 1. The number of piperazine rings is 2. The summed E-state index contributed by atoms with van der Waals surface area (Å²) >= 11 is 6.18. The second kappa shape index (κ2) is 11.8. The van der Waals surface area contributed by atoms with Gasteiger partial charge in [0.1, 0.15) is 5.82 Å². The van der Waals surface area contributed by atoms with E-state index in [1.165, 1.54) is 5.56 Å². The van der Waals surface area contributed by atoms with Crippen molar-refractivity contribution in [3.8, 4) is 0 Å². The highest BCUT2D eigenvalue weighted by atomic mass is 35.5. The van der Waals surface area contributed by atoms with E-state index >= 15 is 0 Å². The SMILES string of the molecule is Cc1ccc(Cl)cc1N1CCN(C(=O)CCC(=O)Nc2ccc3nc(N4CCN(C)CC4)cc(C)c3c2)CC1. The van der Waals surface area contributed by atoms with Gasteiger partial charge in [-0.15, -0.1) is 0 Å². The maximum absolute atomic E-state index is 12.8. The number of carbonyl (C=O) groups is 2. The lowest BCUT2D eigenvalue weighted by Gasteiger charge is -2.37. The van der Waals surface area contributed by atoms with Gasteiger partial charge in [0.2, 0.25) is 11.8 Å². The second-order valence-electron chi connectivity index (χ2n) is 10.7. The van der Waals surface area contributed by atoms with Crippen LogP contribution in [0.3, 0.4) is 0 Å². The van der Waals surface area contributed by atoms with E-state index in [0.29, 0.717) is 18.1 Å². The Bertz CT molecular complexity index is 1360. The van der Waals surface area contributed by atoms with Crippen LogP contribution in [0.4, 0.5) is 17.2 Å². The van der Waals surface area contributed by atoms with E-state index in [4.69, 9.17) is 16.6 Å². The molecule has 2 aliphatic heterocycles. The van der Waals surface area contributed by atoms with Crippen LogP contribution >= 0.6 is 11.6 Å². The second-order valence-corrected chi connectivity index (χ2v) is 11.1. The lowest BCUT2D eigenvalue weighted by atomic mass is 10.1. The summed E-state index contributed by atoms with van der Waals surface area (Å²) in [7, 11) is 2.15. The first-order valence-electron chi connectivity index (χ1n) is 13.7. The fourth-order valence-electron chi connectivity index (χ4n) is 5.37. The lowest BCUT2D eigenvalue weighted by Crippen LogP contribution is -2.49. The van der Waals surface area contributed by atoms with Crippen molar-refractivity contribution in [2.24, 2.45) is 0 Å². The van der Waals surface area contributed by atoms with E-state index < -0.39 is 0 Å². The van der Waals surface area contributed by atoms with Crippen LogP contribution < -0.4 is 15.1 Å². The number of halogens is 1. The van der Waals surface area contributed by atoms with E-state index in [0.717, 1.165) is 72.9 Å². The molecular weight excluding hydrogens is 512 g/mol. The van der Waals surface area contributed by atoms with Crippen LogP contribution in [0.25, 0.3) is 10.9 Å². The van der Waals surface area contributed by atoms with Gasteiger partial charge in [-0.25, -0.2) is 4.98 Å². The Labute approximate surface area is 235 Å². The Hall–Kier alpha value is -3.36. The number of nitrogens with one attached hydrogen (secondary N) is 1. The van der Waals surface area contributed by atoms with Gasteiger partial charge >= 0.3 is 0 Å². The number of nitrogens with zero attached hydrogens (tertiary/aromatic N) is 5. The minimum absolute atomic E-state index is 0.0163. The van der Waals surface area contributed by atoms with Crippen molar-refractivity contribution in [3.63, 3.8) is 0 Å². The average molecular weight is 549 g/mol. The maximum atomic E-state index is 12.8. The Kier molecular flexibility index (Phi) is 8.23. The summed E-state index contributed by atoms with van der Waals surface area (Å²) in [6.07, 6.45) is 0.356. The lowest BCUT2D eigenvalue weighted by molar-refractivity contribution is -0.133. The number of rotatable bonds is 6. The largest absolute Gasteiger partial charge is 0.368 e. The molecule has 2 saturated heterocycles. The molecule has 206 valence electrons. The van der Waals surface area contributed by atoms with Crippen LogP contribution in [0, 0.1) is 13.8 Å². The highest BCUT2D eigenvalue weighted by molar-refractivity contribution is 6.30.